The second-order valence-corrected chi connectivity index (χ2v) is 9.51. The molecule has 3 aromatic carbocycles. The molecular formula is C31H30N2O4. The zero-order chi connectivity index (χ0) is 25.9. The summed E-state index contributed by atoms with van der Waals surface area (Å²) in [5.74, 6) is 0.108. The maximum Gasteiger partial charge on any atom is 0.307 e. The first kappa shape index (κ1) is 24.5. The van der Waals surface area contributed by atoms with Crippen LogP contribution in [0.3, 0.4) is 0 Å². The molecule has 188 valence electrons. The van der Waals surface area contributed by atoms with E-state index in [-0.39, 0.29) is 18.2 Å². The van der Waals surface area contributed by atoms with Gasteiger partial charge in [0.2, 0.25) is 5.91 Å². The first-order valence-corrected chi connectivity index (χ1v) is 12.6. The summed E-state index contributed by atoms with van der Waals surface area (Å²) in [4.78, 5) is 30.7. The van der Waals surface area contributed by atoms with E-state index in [1.165, 1.54) is 0 Å². The molecule has 4 aromatic rings. The number of pyridine rings is 1. The van der Waals surface area contributed by atoms with Crippen LogP contribution in [0.5, 0.6) is 5.75 Å². The average Bonchev–Trinajstić information content (AvgIpc) is 3.76. The van der Waals surface area contributed by atoms with Crippen LogP contribution in [0.15, 0.2) is 72.9 Å². The van der Waals surface area contributed by atoms with Crippen LogP contribution in [0.4, 0.5) is 0 Å². The van der Waals surface area contributed by atoms with Gasteiger partial charge in [-0.3, -0.25) is 14.6 Å². The first-order valence-electron chi connectivity index (χ1n) is 12.6. The number of ether oxygens (including phenoxy) is 1. The summed E-state index contributed by atoms with van der Waals surface area (Å²) in [6.45, 7) is 3.10. The Kier molecular flexibility index (Phi) is 6.91. The number of methoxy groups -OCH3 is 1. The van der Waals surface area contributed by atoms with E-state index in [1.807, 2.05) is 42.2 Å². The zero-order valence-corrected chi connectivity index (χ0v) is 21.1. The van der Waals surface area contributed by atoms with Gasteiger partial charge in [-0.1, -0.05) is 30.3 Å². The molecule has 1 saturated carbocycles. The molecule has 5 rings (SSSR count). The zero-order valence-electron chi connectivity index (χ0n) is 21.1. The highest BCUT2D eigenvalue weighted by Gasteiger charge is 2.33. The Morgan fingerprint density at radius 2 is 1.78 bits per heavy atom. The summed E-state index contributed by atoms with van der Waals surface area (Å²) in [6.07, 6.45) is 3.63. The molecule has 0 bridgehead atoms. The van der Waals surface area contributed by atoms with Crippen LogP contribution < -0.4 is 4.74 Å². The molecule has 1 aliphatic rings. The smallest absolute Gasteiger partial charge is 0.307 e. The Morgan fingerprint density at radius 1 is 1.00 bits per heavy atom. The molecule has 0 radical (unpaired) electrons. The number of carbonyl (C=O) groups is 2. The van der Waals surface area contributed by atoms with Gasteiger partial charge in [-0.15, -0.1) is 0 Å². The third-order valence-electron chi connectivity index (χ3n) is 6.93. The van der Waals surface area contributed by atoms with Crippen molar-refractivity contribution >= 4 is 22.8 Å². The number of hydrogen-bond acceptors (Lipinski definition) is 4. The van der Waals surface area contributed by atoms with Crippen molar-refractivity contribution in [1.82, 2.24) is 9.88 Å². The van der Waals surface area contributed by atoms with Crippen molar-refractivity contribution < 1.29 is 19.4 Å². The molecule has 6 heteroatoms. The van der Waals surface area contributed by atoms with Gasteiger partial charge in [0.15, 0.2) is 0 Å². The Labute approximate surface area is 216 Å². The number of carboxylic acid groups (broad SMARTS) is 1. The lowest BCUT2D eigenvalue weighted by Gasteiger charge is -2.24. The highest BCUT2D eigenvalue weighted by atomic mass is 16.5. The number of aliphatic carboxylic acids is 1. The molecule has 1 amide bonds. The minimum Gasteiger partial charge on any atom is -0.496 e. The lowest BCUT2D eigenvalue weighted by molar-refractivity contribution is -0.136. The molecule has 1 aliphatic carbocycles. The fourth-order valence-corrected chi connectivity index (χ4v) is 4.81. The predicted octanol–water partition coefficient (Wildman–Crippen LogP) is 5.96. The second kappa shape index (κ2) is 10.4. The minimum atomic E-state index is -0.885. The van der Waals surface area contributed by atoms with Crippen LogP contribution in [0, 0.1) is 5.92 Å². The van der Waals surface area contributed by atoms with Gasteiger partial charge in [0.25, 0.3) is 0 Å². The van der Waals surface area contributed by atoms with Crippen LogP contribution in [0.1, 0.15) is 30.9 Å². The Morgan fingerprint density at radius 3 is 2.51 bits per heavy atom. The van der Waals surface area contributed by atoms with Crippen molar-refractivity contribution in [3.63, 3.8) is 0 Å². The molecule has 0 unspecified atom stereocenters. The van der Waals surface area contributed by atoms with Crippen molar-refractivity contribution in [2.24, 2.45) is 5.92 Å². The average molecular weight is 495 g/mol. The number of fused-ring (bicyclic) bond motifs is 1. The van der Waals surface area contributed by atoms with Gasteiger partial charge in [0, 0.05) is 36.2 Å². The van der Waals surface area contributed by atoms with Gasteiger partial charge in [-0.2, -0.15) is 0 Å². The molecular weight excluding hydrogens is 464 g/mol. The SMILES string of the molecule is CCN(Cc1cc(-c2ccc3ncccc3c2)ccc1-c1cc(CC(=O)O)ccc1OC)C(=O)C1CC1. The maximum atomic E-state index is 13.0. The van der Waals surface area contributed by atoms with Crippen LogP contribution in [-0.4, -0.2) is 40.5 Å². The van der Waals surface area contributed by atoms with E-state index >= 15 is 0 Å². The standard InChI is InChI=1S/C31H30N2O4/c1-3-33(31(36)21-7-8-21)19-25-18-22(23-10-12-28-24(17-23)5-4-14-32-28)9-11-26(25)27-15-20(16-30(34)35)6-13-29(27)37-2/h4-6,9-15,17-18,21H,3,7-8,16,19H2,1-2H3,(H,34,35). The van der Waals surface area contributed by atoms with Gasteiger partial charge in [-0.05, 0) is 84.0 Å². The van der Waals surface area contributed by atoms with E-state index in [4.69, 9.17) is 4.74 Å². The van der Waals surface area contributed by atoms with E-state index in [2.05, 4.69) is 35.3 Å². The summed E-state index contributed by atoms with van der Waals surface area (Å²) in [5, 5.41) is 10.4. The number of hydrogen-bond donors (Lipinski definition) is 1. The molecule has 37 heavy (non-hydrogen) atoms. The summed E-state index contributed by atoms with van der Waals surface area (Å²) in [5.41, 5.74) is 6.48. The molecule has 1 N–H and O–H groups in total. The Balaban J connectivity index is 1.62. The van der Waals surface area contributed by atoms with Gasteiger partial charge in [-0.25, -0.2) is 0 Å². The maximum absolute atomic E-state index is 13.0. The van der Waals surface area contributed by atoms with Gasteiger partial charge < -0.3 is 14.7 Å². The lowest BCUT2D eigenvalue weighted by Crippen LogP contribution is -2.31. The lowest BCUT2D eigenvalue weighted by atomic mass is 9.92. The number of carboxylic acids is 1. The molecule has 1 heterocycles. The summed E-state index contributed by atoms with van der Waals surface area (Å²) < 4.78 is 5.67. The minimum absolute atomic E-state index is 0.0726. The van der Waals surface area contributed by atoms with Crippen LogP contribution in [-0.2, 0) is 22.6 Å². The third-order valence-corrected chi connectivity index (χ3v) is 6.93. The van der Waals surface area contributed by atoms with E-state index in [1.54, 1.807) is 19.4 Å². The topological polar surface area (TPSA) is 79.7 Å². The van der Waals surface area contributed by atoms with E-state index in [9.17, 15) is 14.7 Å². The van der Waals surface area contributed by atoms with Crippen molar-refractivity contribution in [2.45, 2.75) is 32.7 Å². The molecule has 0 aliphatic heterocycles. The highest BCUT2D eigenvalue weighted by molar-refractivity contribution is 5.86. The van der Waals surface area contributed by atoms with Crippen LogP contribution in [0.25, 0.3) is 33.2 Å². The molecule has 0 spiro atoms. The second-order valence-electron chi connectivity index (χ2n) is 9.51. The Hall–Kier alpha value is -4.19. The number of aromatic nitrogens is 1. The fourth-order valence-electron chi connectivity index (χ4n) is 4.81. The fraction of sp³-hybridized carbons (Fsp3) is 0.258. The van der Waals surface area contributed by atoms with Crippen molar-refractivity contribution in [3.8, 4) is 28.0 Å². The molecule has 0 atom stereocenters. The molecule has 6 nitrogen and oxygen atoms in total. The number of benzene rings is 3. The number of carbonyl (C=O) groups excluding carboxylic acids is 1. The number of rotatable bonds is 9. The highest BCUT2D eigenvalue weighted by Crippen LogP contribution is 2.38. The summed E-state index contributed by atoms with van der Waals surface area (Å²) in [6, 6.07) is 21.9. The van der Waals surface area contributed by atoms with Crippen LogP contribution in [0.2, 0.25) is 0 Å². The van der Waals surface area contributed by atoms with Crippen molar-refractivity contribution in [1.29, 1.82) is 0 Å². The molecule has 1 aromatic heterocycles. The van der Waals surface area contributed by atoms with E-state index in [0.29, 0.717) is 24.4 Å². The first-order chi connectivity index (χ1) is 18.0. The van der Waals surface area contributed by atoms with Gasteiger partial charge in [0.1, 0.15) is 5.75 Å². The van der Waals surface area contributed by atoms with Gasteiger partial charge >= 0.3 is 5.97 Å². The van der Waals surface area contributed by atoms with E-state index in [0.717, 1.165) is 51.6 Å². The van der Waals surface area contributed by atoms with Crippen LogP contribution >= 0.6 is 0 Å². The van der Waals surface area contributed by atoms with Gasteiger partial charge in [0.05, 0.1) is 19.0 Å². The molecule has 1 fully saturated rings. The number of amides is 1. The summed E-state index contributed by atoms with van der Waals surface area (Å²) >= 11 is 0. The third kappa shape index (κ3) is 5.33. The Bertz CT molecular complexity index is 1480. The van der Waals surface area contributed by atoms with Crippen molar-refractivity contribution in [3.05, 3.63) is 84.1 Å². The number of nitrogens with zero attached hydrogens (tertiary/aromatic N) is 2. The quantitative estimate of drug-likeness (QED) is 0.310. The van der Waals surface area contributed by atoms with E-state index < -0.39 is 5.97 Å². The van der Waals surface area contributed by atoms with Crippen molar-refractivity contribution in [2.75, 3.05) is 13.7 Å². The molecule has 0 saturated heterocycles. The summed E-state index contributed by atoms with van der Waals surface area (Å²) in [7, 11) is 1.61. The predicted molar refractivity (Wildman–Crippen MR) is 144 cm³/mol. The largest absolute Gasteiger partial charge is 0.496 e. The monoisotopic (exact) mass is 494 g/mol. The normalized spacial score (nSPS) is 12.9.